The Labute approximate surface area is 112 Å². The Balaban J connectivity index is 2.02. The van der Waals surface area contributed by atoms with E-state index >= 15 is 0 Å². The van der Waals surface area contributed by atoms with Crippen molar-refractivity contribution in [1.29, 1.82) is 0 Å². The number of carbonyl (C=O) groups is 1. The molecule has 0 bridgehead atoms. The Morgan fingerprint density at radius 3 is 2.71 bits per heavy atom. The van der Waals surface area contributed by atoms with Gasteiger partial charge in [-0.2, -0.15) is 0 Å². The lowest BCUT2D eigenvalue weighted by molar-refractivity contribution is 0.0702. The van der Waals surface area contributed by atoms with Crippen molar-refractivity contribution in [2.75, 3.05) is 0 Å². The molecular formula is C12H9ClO2S2. The average molecular weight is 285 g/mol. The van der Waals surface area contributed by atoms with Crippen molar-refractivity contribution < 1.29 is 9.90 Å². The van der Waals surface area contributed by atoms with E-state index in [0.717, 1.165) is 20.5 Å². The van der Waals surface area contributed by atoms with Crippen LogP contribution in [0.2, 0.25) is 5.02 Å². The van der Waals surface area contributed by atoms with E-state index in [1.54, 1.807) is 17.8 Å². The molecule has 0 aliphatic rings. The van der Waals surface area contributed by atoms with Gasteiger partial charge in [-0.25, -0.2) is 4.79 Å². The number of halogens is 1. The van der Waals surface area contributed by atoms with Crippen LogP contribution in [0.1, 0.15) is 14.5 Å². The third-order valence-electron chi connectivity index (χ3n) is 2.08. The lowest BCUT2D eigenvalue weighted by Crippen LogP contribution is -1.89. The van der Waals surface area contributed by atoms with Gasteiger partial charge in [-0.05, 0) is 24.3 Å². The normalized spacial score (nSPS) is 10.4. The van der Waals surface area contributed by atoms with Crippen LogP contribution in [0.5, 0.6) is 0 Å². The predicted octanol–water partition coefficient (Wildman–Crippen LogP) is 4.39. The fourth-order valence-electron chi connectivity index (χ4n) is 1.28. The molecule has 0 fully saturated rings. The summed E-state index contributed by atoms with van der Waals surface area (Å²) in [6, 6.07) is 11.1. The minimum Gasteiger partial charge on any atom is -0.477 e. The molecule has 1 N–H and O–H groups in total. The molecule has 0 saturated carbocycles. The summed E-state index contributed by atoms with van der Waals surface area (Å²) in [6.45, 7) is 0. The molecule has 0 aliphatic carbocycles. The molecule has 2 rings (SSSR count). The SMILES string of the molecule is O=C(O)c1ccc(CSc2ccccc2Cl)s1. The van der Waals surface area contributed by atoms with Gasteiger partial charge >= 0.3 is 5.97 Å². The highest BCUT2D eigenvalue weighted by Crippen LogP contribution is 2.31. The fourth-order valence-corrected chi connectivity index (χ4v) is 3.41. The van der Waals surface area contributed by atoms with Crippen molar-refractivity contribution in [3.05, 3.63) is 51.2 Å². The molecule has 17 heavy (non-hydrogen) atoms. The van der Waals surface area contributed by atoms with Crippen LogP contribution >= 0.6 is 34.7 Å². The van der Waals surface area contributed by atoms with Crippen molar-refractivity contribution in [1.82, 2.24) is 0 Å². The number of rotatable bonds is 4. The second kappa shape index (κ2) is 5.58. The molecule has 0 radical (unpaired) electrons. The highest BCUT2D eigenvalue weighted by Gasteiger charge is 2.07. The first-order chi connectivity index (χ1) is 8.16. The first-order valence-electron chi connectivity index (χ1n) is 4.86. The fraction of sp³-hybridized carbons (Fsp3) is 0.0833. The second-order valence-corrected chi connectivity index (χ2v) is 5.88. The lowest BCUT2D eigenvalue weighted by atomic mass is 10.4. The number of thiophene rings is 1. The maximum Gasteiger partial charge on any atom is 0.345 e. The molecule has 0 saturated heterocycles. The van der Waals surface area contributed by atoms with Gasteiger partial charge in [-0.15, -0.1) is 23.1 Å². The largest absolute Gasteiger partial charge is 0.477 e. The quantitative estimate of drug-likeness (QED) is 0.846. The van der Waals surface area contributed by atoms with Crippen LogP contribution in [-0.2, 0) is 5.75 Å². The molecule has 0 amide bonds. The second-order valence-electron chi connectivity index (χ2n) is 3.29. The van der Waals surface area contributed by atoms with Gasteiger partial charge in [-0.1, -0.05) is 23.7 Å². The minimum absolute atomic E-state index is 0.375. The van der Waals surface area contributed by atoms with E-state index in [9.17, 15) is 4.79 Å². The number of carboxylic acids is 1. The minimum atomic E-state index is -0.871. The Bertz CT molecular complexity index is 537. The summed E-state index contributed by atoms with van der Waals surface area (Å²) >= 11 is 8.95. The average Bonchev–Trinajstić information content (AvgIpc) is 2.77. The Hall–Kier alpha value is -0.970. The summed E-state index contributed by atoms with van der Waals surface area (Å²) in [4.78, 5) is 13.1. The summed E-state index contributed by atoms with van der Waals surface area (Å²) in [5.74, 6) is -0.134. The standard InChI is InChI=1S/C12H9ClO2S2/c13-9-3-1-2-4-10(9)16-7-8-5-6-11(17-8)12(14)15/h1-6H,7H2,(H,14,15). The summed E-state index contributed by atoms with van der Waals surface area (Å²) in [7, 11) is 0. The van der Waals surface area contributed by atoms with Crippen LogP contribution in [0.4, 0.5) is 0 Å². The van der Waals surface area contributed by atoms with Crippen molar-refractivity contribution >= 4 is 40.7 Å². The molecule has 2 nitrogen and oxygen atoms in total. The van der Waals surface area contributed by atoms with Gasteiger partial charge < -0.3 is 5.11 Å². The lowest BCUT2D eigenvalue weighted by Gasteiger charge is -2.01. The number of carboxylic acid groups (broad SMARTS) is 1. The molecule has 2 aromatic rings. The zero-order chi connectivity index (χ0) is 12.3. The van der Waals surface area contributed by atoms with Crippen molar-refractivity contribution in [3.8, 4) is 0 Å². The first-order valence-corrected chi connectivity index (χ1v) is 7.04. The van der Waals surface area contributed by atoms with E-state index in [-0.39, 0.29) is 0 Å². The Morgan fingerprint density at radius 1 is 1.29 bits per heavy atom. The summed E-state index contributed by atoms with van der Waals surface area (Å²) in [5.41, 5.74) is 0. The van der Waals surface area contributed by atoms with E-state index in [2.05, 4.69) is 0 Å². The smallest absolute Gasteiger partial charge is 0.345 e. The van der Waals surface area contributed by atoms with E-state index in [0.29, 0.717) is 4.88 Å². The van der Waals surface area contributed by atoms with Crippen LogP contribution in [0.25, 0.3) is 0 Å². The van der Waals surface area contributed by atoms with Crippen molar-refractivity contribution in [2.45, 2.75) is 10.6 Å². The van der Waals surface area contributed by atoms with Gasteiger partial charge in [0.2, 0.25) is 0 Å². The van der Waals surface area contributed by atoms with E-state index < -0.39 is 5.97 Å². The van der Waals surface area contributed by atoms with Crippen molar-refractivity contribution in [2.24, 2.45) is 0 Å². The topological polar surface area (TPSA) is 37.3 Å². The number of hydrogen-bond donors (Lipinski definition) is 1. The maximum atomic E-state index is 10.7. The molecule has 88 valence electrons. The third-order valence-corrected chi connectivity index (χ3v) is 4.90. The van der Waals surface area contributed by atoms with Crippen LogP contribution in [-0.4, -0.2) is 11.1 Å². The zero-order valence-corrected chi connectivity index (χ0v) is 11.1. The van der Waals surface area contributed by atoms with Gasteiger partial charge in [0.1, 0.15) is 4.88 Å². The molecule has 1 heterocycles. The highest BCUT2D eigenvalue weighted by molar-refractivity contribution is 7.98. The molecule has 1 aromatic carbocycles. The van der Waals surface area contributed by atoms with Crippen LogP contribution in [0.15, 0.2) is 41.3 Å². The summed E-state index contributed by atoms with van der Waals surface area (Å²) in [5, 5.41) is 9.54. The maximum absolute atomic E-state index is 10.7. The third kappa shape index (κ3) is 3.25. The van der Waals surface area contributed by atoms with Crippen LogP contribution in [0.3, 0.4) is 0 Å². The zero-order valence-electron chi connectivity index (χ0n) is 8.72. The van der Waals surface area contributed by atoms with Crippen LogP contribution < -0.4 is 0 Å². The van der Waals surface area contributed by atoms with Gasteiger partial charge in [0.25, 0.3) is 0 Å². The highest BCUT2D eigenvalue weighted by atomic mass is 35.5. The predicted molar refractivity (Wildman–Crippen MR) is 72.3 cm³/mol. The number of thioether (sulfide) groups is 1. The number of hydrogen-bond acceptors (Lipinski definition) is 3. The van der Waals surface area contributed by atoms with Crippen molar-refractivity contribution in [3.63, 3.8) is 0 Å². The molecule has 0 spiro atoms. The Kier molecular flexibility index (Phi) is 4.10. The monoisotopic (exact) mass is 284 g/mol. The van der Waals surface area contributed by atoms with Gasteiger partial charge in [0.15, 0.2) is 0 Å². The van der Waals surface area contributed by atoms with E-state index in [4.69, 9.17) is 16.7 Å². The molecule has 5 heteroatoms. The molecule has 1 aromatic heterocycles. The summed E-state index contributed by atoms with van der Waals surface area (Å²) in [6.07, 6.45) is 0. The molecule has 0 unspecified atom stereocenters. The Morgan fingerprint density at radius 2 is 2.06 bits per heavy atom. The molecule has 0 atom stereocenters. The number of aromatic carboxylic acids is 1. The first kappa shape index (κ1) is 12.5. The van der Waals surface area contributed by atoms with Gasteiger partial charge in [0.05, 0.1) is 5.02 Å². The van der Waals surface area contributed by atoms with Gasteiger partial charge in [-0.3, -0.25) is 0 Å². The van der Waals surface area contributed by atoms with Crippen LogP contribution in [0, 0.1) is 0 Å². The number of benzene rings is 1. The molecule has 0 aliphatic heterocycles. The van der Waals surface area contributed by atoms with E-state index in [1.807, 2.05) is 30.3 Å². The van der Waals surface area contributed by atoms with Gasteiger partial charge in [0, 0.05) is 15.5 Å². The molecular weight excluding hydrogens is 276 g/mol. The van der Waals surface area contributed by atoms with E-state index in [1.165, 1.54) is 11.3 Å². The summed E-state index contributed by atoms with van der Waals surface area (Å²) < 4.78 is 0.